The summed E-state index contributed by atoms with van der Waals surface area (Å²) >= 11 is 1.55. The van der Waals surface area contributed by atoms with Crippen LogP contribution in [0.15, 0.2) is 33.7 Å². The highest BCUT2D eigenvalue weighted by Crippen LogP contribution is 2.26. The highest BCUT2D eigenvalue weighted by molar-refractivity contribution is 7.98. The van der Waals surface area contributed by atoms with Crippen molar-refractivity contribution in [3.05, 3.63) is 41.5 Å². The van der Waals surface area contributed by atoms with Crippen molar-refractivity contribution in [1.82, 2.24) is 15.5 Å². The molecular weight excluding hydrogens is 322 g/mol. The third kappa shape index (κ3) is 4.60. The molecule has 6 heteroatoms. The molecule has 2 aromatic rings. The Balaban J connectivity index is 1.65. The van der Waals surface area contributed by atoms with Crippen LogP contribution < -0.4 is 5.32 Å². The van der Waals surface area contributed by atoms with Gasteiger partial charge in [0.1, 0.15) is 0 Å². The number of aryl methyl sites for hydroxylation is 1. The van der Waals surface area contributed by atoms with Crippen LogP contribution in [-0.4, -0.2) is 22.1 Å². The number of nitrogens with one attached hydrogen (secondary N) is 1. The smallest absolute Gasteiger partial charge is 0.252 e. The zero-order valence-electron chi connectivity index (χ0n) is 14.0. The molecule has 1 aromatic carbocycles. The van der Waals surface area contributed by atoms with Crippen LogP contribution in [0.5, 0.6) is 0 Å². The normalized spacial score (nSPS) is 15.9. The number of carbonyl (C=O) groups excluding carboxylic acids is 1. The molecule has 1 amide bonds. The molecular formula is C18H23N3O2S. The average molecular weight is 345 g/mol. The van der Waals surface area contributed by atoms with Crippen LogP contribution in [0.3, 0.4) is 0 Å². The summed E-state index contributed by atoms with van der Waals surface area (Å²) < 4.78 is 5.14. The van der Waals surface area contributed by atoms with E-state index in [4.69, 9.17) is 4.52 Å². The van der Waals surface area contributed by atoms with Crippen molar-refractivity contribution in [1.29, 1.82) is 0 Å². The lowest BCUT2D eigenvalue weighted by Crippen LogP contribution is -2.34. The molecule has 0 saturated heterocycles. The van der Waals surface area contributed by atoms with Crippen molar-refractivity contribution in [2.45, 2.75) is 62.1 Å². The number of rotatable bonds is 5. The molecule has 0 radical (unpaired) electrons. The van der Waals surface area contributed by atoms with Gasteiger partial charge < -0.3 is 9.84 Å². The van der Waals surface area contributed by atoms with Crippen LogP contribution in [0.2, 0.25) is 0 Å². The summed E-state index contributed by atoms with van der Waals surface area (Å²) in [5.41, 5.74) is 0.725. The first-order valence-electron chi connectivity index (χ1n) is 8.54. The molecule has 1 saturated carbocycles. The molecule has 1 aliphatic rings. The van der Waals surface area contributed by atoms with Crippen LogP contribution >= 0.6 is 11.8 Å². The van der Waals surface area contributed by atoms with E-state index in [2.05, 4.69) is 15.5 Å². The van der Waals surface area contributed by atoms with Crippen molar-refractivity contribution >= 4 is 17.7 Å². The molecule has 0 bridgehead atoms. The molecule has 0 spiro atoms. The first-order valence-corrected chi connectivity index (χ1v) is 9.53. The van der Waals surface area contributed by atoms with E-state index in [1.807, 2.05) is 24.3 Å². The average Bonchev–Trinajstić information content (AvgIpc) is 2.84. The molecule has 0 aliphatic heterocycles. The van der Waals surface area contributed by atoms with Crippen molar-refractivity contribution in [3.63, 3.8) is 0 Å². The lowest BCUT2D eigenvalue weighted by atomic mass is 10.1. The van der Waals surface area contributed by atoms with E-state index in [1.165, 1.54) is 25.7 Å². The summed E-state index contributed by atoms with van der Waals surface area (Å²) in [4.78, 5) is 17.8. The zero-order valence-corrected chi connectivity index (χ0v) is 14.8. The fourth-order valence-electron chi connectivity index (χ4n) is 3.01. The number of aromatic nitrogens is 2. The van der Waals surface area contributed by atoms with Gasteiger partial charge in [0.15, 0.2) is 5.82 Å². The first-order chi connectivity index (χ1) is 11.7. The van der Waals surface area contributed by atoms with E-state index in [0.29, 0.717) is 23.5 Å². The third-order valence-electron chi connectivity index (χ3n) is 4.24. The summed E-state index contributed by atoms with van der Waals surface area (Å²) in [5.74, 6) is 1.79. The molecule has 3 rings (SSSR count). The van der Waals surface area contributed by atoms with Gasteiger partial charge in [-0.05, 0) is 31.9 Å². The Morgan fingerprint density at radius 1 is 1.25 bits per heavy atom. The molecule has 0 unspecified atom stereocenters. The Bertz CT molecular complexity index is 678. The van der Waals surface area contributed by atoms with Crippen molar-refractivity contribution in [2.75, 3.05) is 0 Å². The maximum atomic E-state index is 12.7. The number of benzene rings is 1. The molecule has 5 nitrogen and oxygen atoms in total. The van der Waals surface area contributed by atoms with Gasteiger partial charge in [0.25, 0.3) is 5.91 Å². The fraction of sp³-hybridized carbons (Fsp3) is 0.500. The van der Waals surface area contributed by atoms with Crippen LogP contribution in [0.4, 0.5) is 0 Å². The summed E-state index contributed by atoms with van der Waals surface area (Å²) in [7, 11) is 0. The number of nitrogens with zero attached hydrogens (tertiary/aromatic N) is 2. The second kappa shape index (κ2) is 8.33. The van der Waals surface area contributed by atoms with Gasteiger partial charge >= 0.3 is 0 Å². The second-order valence-electron chi connectivity index (χ2n) is 6.18. The molecule has 0 atom stereocenters. The molecule has 1 heterocycles. The quantitative estimate of drug-likeness (QED) is 0.652. The van der Waals surface area contributed by atoms with Gasteiger partial charge in [-0.25, -0.2) is 0 Å². The Morgan fingerprint density at radius 3 is 2.71 bits per heavy atom. The third-order valence-corrected chi connectivity index (χ3v) is 5.30. The van der Waals surface area contributed by atoms with E-state index in [-0.39, 0.29) is 5.91 Å². The lowest BCUT2D eigenvalue weighted by molar-refractivity contribution is 0.0930. The predicted molar refractivity (Wildman–Crippen MR) is 94.0 cm³/mol. The number of hydrogen-bond acceptors (Lipinski definition) is 5. The van der Waals surface area contributed by atoms with Crippen molar-refractivity contribution < 1.29 is 9.32 Å². The SMILES string of the molecule is Cc1noc(CSc2ccccc2C(=O)NC2CCCCCC2)n1. The maximum Gasteiger partial charge on any atom is 0.252 e. The molecule has 24 heavy (non-hydrogen) atoms. The largest absolute Gasteiger partial charge is 0.349 e. The Labute approximate surface area is 146 Å². The monoisotopic (exact) mass is 345 g/mol. The van der Waals surface area contributed by atoms with E-state index < -0.39 is 0 Å². The summed E-state index contributed by atoms with van der Waals surface area (Å²) in [6, 6.07) is 8.01. The summed E-state index contributed by atoms with van der Waals surface area (Å²) in [5, 5.41) is 7.01. The van der Waals surface area contributed by atoms with E-state index in [9.17, 15) is 4.79 Å². The van der Waals surface area contributed by atoms with Gasteiger partial charge in [-0.1, -0.05) is 43.0 Å². The van der Waals surface area contributed by atoms with Gasteiger partial charge in [0.2, 0.25) is 5.89 Å². The van der Waals surface area contributed by atoms with Gasteiger partial charge in [-0.3, -0.25) is 4.79 Å². The summed E-state index contributed by atoms with van der Waals surface area (Å²) in [6.45, 7) is 1.80. The van der Waals surface area contributed by atoms with Crippen LogP contribution in [-0.2, 0) is 5.75 Å². The fourth-order valence-corrected chi connectivity index (χ4v) is 3.89. The Hall–Kier alpha value is -1.82. The predicted octanol–water partition coefficient (Wildman–Crippen LogP) is 4.12. The van der Waals surface area contributed by atoms with Crippen LogP contribution in [0.25, 0.3) is 0 Å². The number of hydrogen-bond donors (Lipinski definition) is 1. The highest BCUT2D eigenvalue weighted by atomic mass is 32.2. The van der Waals surface area contributed by atoms with E-state index in [0.717, 1.165) is 23.3 Å². The summed E-state index contributed by atoms with van der Waals surface area (Å²) in [6.07, 6.45) is 7.14. The van der Waals surface area contributed by atoms with E-state index >= 15 is 0 Å². The van der Waals surface area contributed by atoms with Gasteiger partial charge in [-0.2, -0.15) is 4.98 Å². The van der Waals surface area contributed by atoms with Gasteiger partial charge in [-0.15, -0.1) is 11.8 Å². The number of amides is 1. The number of carbonyl (C=O) groups is 1. The molecule has 1 aliphatic carbocycles. The molecule has 1 fully saturated rings. The zero-order chi connectivity index (χ0) is 16.8. The standard InChI is InChI=1S/C18H23N3O2S/c1-13-19-17(23-21-13)12-24-16-11-7-6-10-15(16)18(22)20-14-8-4-2-3-5-9-14/h6-7,10-11,14H,2-5,8-9,12H2,1H3,(H,20,22). The number of thioether (sulfide) groups is 1. The van der Waals surface area contributed by atoms with Gasteiger partial charge in [0, 0.05) is 10.9 Å². The Kier molecular flexibility index (Phi) is 5.91. The minimum absolute atomic E-state index is 0.0201. The molecule has 128 valence electrons. The lowest BCUT2D eigenvalue weighted by Gasteiger charge is -2.17. The highest BCUT2D eigenvalue weighted by Gasteiger charge is 2.18. The Morgan fingerprint density at radius 2 is 2.00 bits per heavy atom. The molecule has 1 N–H and O–H groups in total. The van der Waals surface area contributed by atoms with Crippen molar-refractivity contribution in [2.24, 2.45) is 0 Å². The minimum atomic E-state index is 0.0201. The van der Waals surface area contributed by atoms with Gasteiger partial charge in [0.05, 0.1) is 11.3 Å². The molecule has 1 aromatic heterocycles. The maximum absolute atomic E-state index is 12.7. The van der Waals surface area contributed by atoms with Crippen LogP contribution in [0, 0.1) is 6.92 Å². The first kappa shape index (κ1) is 17.0. The van der Waals surface area contributed by atoms with Crippen molar-refractivity contribution in [3.8, 4) is 0 Å². The van der Waals surface area contributed by atoms with Crippen LogP contribution in [0.1, 0.15) is 60.6 Å². The second-order valence-corrected chi connectivity index (χ2v) is 7.20. The van der Waals surface area contributed by atoms with E-state index in [1.54, 1.807) is 18.7 Å². The topological polar surface area (TPSA) is 68.0 Å². The minimum Gasteiger partial charge on any atom is -0.349 e.